The molecule has 0 aromatic carbocycles. The third-order valence-corrected chi connectivity index (χ3v) is 3.01. The fraction of sp³-hybridized carbons (Fsp3) is 0.692. The summed E-state index contributed by atoms with van der Waals surface area (Å²) in [5, 5.41) is 0. The Morgan fingerprint density at radius 1 is 1.60 bits per heavy atom. The maximum Gasteiger partial charge on any atom is 0.105 e. The number of hydrogen-bond acceptors (Lipinski definition) is 2. The molecule has 0 N–H and O–H groups in total. The zero-order chi connectivity index (χ0) is 11.1. The summed E-state index contributed by atoms with van der Waals surface area (Å²) >= 11 is 0. The third-order valence-electron chi connectivity index (χ3n) is 3.01. The minimum absolute atomic E-state index is 0.404. The molecular weight excluding hydrogens is 186 g/mol. The molecule has 0 bridgehead atoms. The maximum atomic E-state index is 5.25. The van der Waals surface area contributed by atoms with Gasteiger partial charge in [-0.05, 0) is 32.4 Å². The molecule has 0 aliphatic carbocycles. The predicted octanol–water partition coefficient (Wildman–Crippen LogP) is 2.41. The number of methoxy groups -OCH3 is 1. The van der Waals surface area contributed by atoms with Gasteiger partial charge in [0.1, 0.15) is 5.76 Å². The van der Waals surface area contributed by atoms with E-state index in [9.17, 15) is 0 Å². The number of terminal acetylenes is 1. The van der Waals surface area contributed by atoms with Gasteiger partial charge in [-0.3, -0.25) is 4.90 Å². The largest absolute Gasteiger partial charge is 0.500 e. The summed E-state index contributed by atoms with van der Waals surface area (Å²) in [6, 6.07) is 0.404. The van der Waals surface area contributed by atoms with Crippen molar-refractivity contribution >= 4 is 0 Å². The normalized spacial score (nSPS) is 22.0. The van der Waals surface area contributed by atoms with Gasteiger partial charge < -0.3 is 4.74 Å². The molecule has 1 heterocycles. The van der Waals surface area contributed by atoms with E-state index in [2.05, 4.69) is 17.4 Å². The van der Waals surface area contributed by atoms with Crippen LogP contribution >= 0.6 is 0 Å². The van der Waals surface area contributed by atoms with E-state index in [0.29, 0.717) is 6.04 Å². The second-order valence-electron chi connectivity index (χ2n) is 4.03. The van der Waals surface area contributed by atoms with Gasteiger partial charge in [-0.25, -0.2) is 0 Å². The summed E-state index contributed by atoms with van der Waals surface area (Å²) in [5.74, 6) is 3.58. The average molecular weight is 207 g/mol. The Kier molecular flexibility index (Phi) is 5.28. The van der Waals surface area contributed by atoms with Gasteiger partial charge in [0.05, 0.1) is 13.2 Å². The van der Waals surface area contributed by atoms with Crippen LogP contribution in [0.1, 0.15) is 32.1 Å². The number of ether oxygens (including phenoxy) is 1. The quantitative estimate of drug-likeness (QED) is 0.390. The van der Waals surface area contributed by atoms with E-state index in [0.717, 1.165) is 31.7 Å². The van der Waals surface area contributed by atoms with Gasteiger partial charge in [0.25, 0.3) is 0 Å². The predicted molar refractivity (Wildman–Crippen MR) is 63.4 cm³/mol. The van der Waals surface area contributed by atoms with Crippen molar-refractivity contribution in [2.75, 3.05) is 20.2 Å². The second kappa shape index (κ2) is 6.53. The topological polar surface area (TPSA) is 12.5 Å². The zero-order valence-electron chi connectivity index (χ0n) is 9.67. The summed E-state index contributed by atoms with van der Waals surface area (Å²) in [5.41, 5.74) is 0. The molecule has 2 heteroatoms. The van der Waals surface area contributed by atoms with Crippen LogP contribution in [-0.4, -0.2) is 31.1 Å². The Bertz CT molecular complexity index is 241. The molecule has 1 fully saturated rings. The third kappa shape index (κ3) is 3.60. The molecule has 0 aromatic rings. The van der Waals surface area contributed by atoms with Crippen LogP contribution in [0.15, 0.2) is 12.3 Å². The first-order valence-electron chi connectivity index (χ1n) is 5.70. The Morgan fingerprint density at radius 3 is 3.07 bits per heavy atom. The van der Waals surface area contributed by atoms with Gasteiger partial charge in [0, 0.05) is 6.42 Å². The van der Waals surface area contributed by atoms with Crippen molar-refractivity contribution in [1.82, 2.24) is 4.90 Å². The Morgan fingerprint density at radius 2 is 2.40 bits per heavy atom. The lowest BCUT2D eigenvalue weighted by Crippen LogP contribution is -2.41. The summed E-state index contributed by atoms with van der Waals surface area (Å²) in [7, 11) is 1.70. The van der Waals surface area contributed by atoms with Crippen molar-refractivity contribution in [1.29, 1.82) is 0 Å². The SMILES string of the molecule is C#CCCCN1CCCCC1C(=C)OC. The van der Waals surface area contributed by atoms with Crippen LogP contribution in [0.2, 0.25) is 0 Å². The standard InChI is InChI=1S/C13H21NO/c1-4-5-7-10-14-11-8-6-9-13(14)12(2)15-3/h1,13H,2,5-11H2,3H3. The van der Waals surface area contributed by atoms with Gasteiger partial charge in [0.2, 0.25) is 0 Å². The monoisotopic (exact) mass is 207 g/mol. The van der Waals surface area contributed by atoms with E-state index in [4.69, 9.17) is 11.2 Å². The Balaban J connectivity index is 2.43. The minimum Gasteiger partial charge on any atom is -0.500 e. The van der Waals surface area contributed by atoms with Crippen LogP contribution in [-0.2, 0) is 4.74 Å². The zero-order valence-corrected chi connectivity index (χ0v) is 9.67. The smallest absolute Gasteiger partial charge is 0.105 e. The van der Waals surface area contributed by atoms with Crippen molar-refractivity contribution in [3.8, 4) is 12.3 Å². The van der Waals surface area contributed by atoms with Crippen molar-refractivity contribution < 1.29 is 4.74 Å². The highest BCUT2D eigenvalue weighted by atomic mass is 16.5. The van der Waals surface area contributed by atoms with Crippen LogP contribution in [0, 0.1) is 12.3 Å². The first-order chi connectivity index (χ1) is 7.29. The molecule has 0 aromatic heterocycles. The van der Waals surface area contributed by atoms with Crippen molar-refractivity contribution in [3.63, 3.8) is 0 Å². The summed E-state index contributed by atoms with van der Waals surface area (Å²) in [6.07, 6.45) is 10.9. The molecule has 15 heavy (non-hydrogen) atoms. The lowest BCUT2D eigenvalue weighted by Gasteiger charge is -2.35. The van der Waals surface area contributed by atoms with Crippen molar-refractivity contribution in [2.45, 2.75) is 38.1 Å². The van der Waals surface area contributed by atoms with Gasteiger partial charge in [-0.1, -0.05) is 13.0 Å². The van der Waals surface area contributed by atoms with E-state index >= 15 is 0 Å². The molecule has 1 atom stereocenters. The van der Waals surface area contributed by atoms with E-state index in [1.807, 2.05) is 0 Å². The highest BCUT2D eigenvalue weighted by Gasteiger charge is 2.24. The van der Waals surface area contributed by atoms with Crippen LogP contribution in [0.25, 0.3) is 0 Å². The highest BCUT2D eigenvalue weighted by molar-refractivity contribution is 4.99. The summed E-state index contributed by atoms with van der Waals surface area (Å²) in [4.78, 5) is 2.45. The number of rotatable bonds is 5. The van der Waals surface area contributed by atoms with Crippen molar-refractivity contribution in [3.05, 3.63) is 12.3 Å². The maximum absolute atomic E-state index is 5.25. The molecule has 1 unspecified atom stereocenters. The van der Waals surface area contributed by atoms with E-state index in [-0.39, 0.29) is 0 Å². The molecule has 84 valence electrons. The Hall–Kier alpha value is -0.940. The number of hydrogen-bond donors (Lipinski definition) is 0. The molecule has 1 rings (SSSR count). The molecule has 0 amide bonds. The highest BCUT2D eigenvalue weighted by Crippen LogP contribution is 2.22. The molecule has 1 aliphatic rings. The Labute approximate surface area is 93.3 Å². The van der Waals surface area contributed by atoms with E-state index < -0.39 is 0 Å². The summed E-state index contributed by atoms with van der Waals surface area (Å²) in [6.45, 7) is 6.19. The number of nitrogens with zero attached hydrogens (tertiary/aromatic N) is 1. The lowest BCUT2D eigenvalue weighted by molar-refractivity contribution is 0.117. The van der Waals surface area contributed by atoms with Gasteiger partial charge in [-0.15, -0.1) is 12.3 Å². The van der Waals surface area contributed by atoms with Crippen LogP contribution < -0.4 is 0 Å². The molecule has 2 nitrogen and oxygen atoms in total. The fourth-order valence-corrected chi connectivity index (χ4v) is 2.14. The second-order valence-corrected chi connectivity index (χ2v) is 4.03. The van der Waals surface area contributed by atoms with Crippen molar-refractivity contribution in [2.24, 2.45) is 0 Å². The number of piperidine rings is 1. The fourth-order valence-electron chi connectivity index (χ4n) is 2.14. The summed E-state index contributed by atoms with van der Waals surface area (Å²) < 4.78 is 5.25. The lowest BCUT2D eigenvalue weighted by atomic mass is 10.0. The van der Waals surface area contributed by atoms with Gasteiger partial charge in [-0.2, -0.15) is 0 Å². The van der Waals surface area contributed by atoms with E-state index in [1.165, 1.54) is 19.3 Å². The van der Waals surface area contributed by atoms with Crippen LogP contribution in [0.5, 0.6) is 0 Å². The average Bonchev–Trinajstić information content (AvgIpc) is 2.29. The number of likely N-dealkylation sites (tertiary alicyclic amines) is 1. The van der Waals surface area contributed by atoms with Crippen LogP contribution in [0.3, 0.4) is 0 Å². The molecule has 1 aliphatic heterocycles. The molecule has 1 saturated heterocycles. The molecular formula is C13H21NO. The number of unbranched alkanes of at least 4 members (excludes halogenated alkanes) is 1. The first kappa shape index (κ1) is 12.1. The molecule has 0 spiro atoms. The minimum atomic E-state index is 0.404. The molecule has 0 radical (unpaired) electrons. The van der Waals surface area contributed by atoms with Gasteiger partial charge in [0.15, 0.2) is 0 Å². The van der Waals surface area contributed by atoms with E-state index in [1.54, 1.807) is 7.11 Å². The first-order valence-corrected chi connectivity index (χ1v) is 5.70. The van der Waals surface area contributed by atoms with Crippen LogP contribution in [0.4, 0.5) is 0 Å². The molecule has 0 saturated carbocycles. The van der Waals surface area contributed by atoms with Gasteiger partial charge >= 0.3 is 0 Å².